The van der Waals surface area contributed by atoms with Crippen LogP contribution >= 0.6 is 15.9 Å². The molecule has 0 saturated heterocycles. The van der Waals surface area contributed by atoms with Crippen molar-refractivity contribution >= 4 is 33.7 Å². The van der Waals surface area contributed by atoms with E-state index in [0.717, 1.165) is 34.0 Å². The van der Waals surface area contributed by atoms with E-state index in [-0.39, 0.29) is 24.4 Å². The Morgan fingerprint density at radius 1 is 1.14 bits per heavy atom. The molecule has 5 rings (SSSR count). The zero-order chi connectivity index (χ0) is 31.7. The van der Waals surface area contributed by atoms with Gasteiger partial charge in [-0.25, -0.2) is 5.84 Å². The van der Waals surface area contributed by atoms with Crippen LogP contribution in [0.15, 0.2) is 52.8 Å². The first kappa shape index (κ1) is 31.8. The minimum absolute atomic E-state index is 0.0432. The van der Waals surface area contributed by atoms with E-state index < -0.39 is 30.0 Å². The molecular weight excluding hydrogens is 626 g/mol. The number of hydrogen-bond donors (Lipinski definition) is 3. The molecule has 11 heteroatoms. The van der Waals surface area contributed by atoms with E-state index >= 15 is 0 Å². The number of benzene rings is 2. The van der Waals surface area contributed by atoms with Crippen molar-refractivity contribution in [2.75, 3.05) is 13.1 Å². The van der Waals surface area contributed by atoms with Crippen molar-refractivity contribution < 1.29 is 24.2 Å². The number of fused-ring (bicyclic) bond motifs is 2. The number of ether oxygens (including phenoxy) is 1. The number of amides is 2. The van der Waals surface area contributed by atoms with Crippen molar-refractivity contribution in [3.63, 3.8) is 0 Å². The Morgan fingerprint density at radius 3 is 2.52 bits per heavy atom. The molecule has 0 radical (unpaired) electrons. The highest BCUT2D eigenvalue weighted by molar-refractivity contribution is 9.10. The van der Waals surface area contributed by atoms with Gasteiger partial charge in [-0.3, -0.25) is 14.4 Å². The summed E-state index contributed by atoms with van der Waals surface area (Å²) in [5.74, 6) is 4.12. The van der Waals surface area contributed by atoms with Gasteiger partial charge < -0.3 is 30.4 Å². The third-order valence-electron chi connectivity index (χ3n) is 9.21. The molecule has 2 aromatic carbocycles. The predicted octanol–water partition coefficient (Wildman–Crippen LogP) is 4.57. The minimum atomic E-state index is -0.930. The van der Waals surface area contributed by atoms with Crippen molar-refractivity contribution in [3.05, 3.63) is 75.0 Å². The second kappa shape index (κ2) is 13.2. The maximum absolute atomic E-state index is 14.3. The fourth-order valence-corrected chi connectivity index (χ4v) is 7.17. The molecule has 5 N–H and O–H groups in total. The average molecular weight is 669 g/mol. The van der Waals surface area contributed by atoms with Gasteiger partial charge in [-0.1, -0.05) is 47.0 Å². The van der Waals surface area contributed by atoms with Crippen LogP contribution in [0, 0.1) is 11.8 Å². The Morgan fingerprint density at radius 2 is 1.84 bits per heavy atom. The van der Waals surface area contributed by atoms with E-state index in [2.05, 4.69) is 15.9 Å². The molecule has 44 heavy (non-hydrogen) atoms. The number of carboxylic acids is 1. The van der Waals surface area contributed by atoms with Gasteiger partial charge in [-0.05, 0) is 69.4 Å². The first-order valence-electron chi connectivity index (χ1n) is 15.4. The first-order valence-corrected chi connectivity index (χ1v) is 16.2. The van der Waals surface area contributed by atoms with Crippen LogP contribution in [0.3, 0.4) is 0 Å². The summed E-state index contributed by atoms with van der Waals surface area (Å²) in [6.45, 7) is 6.83. The van der Waals surface area contributed by atoms with Gasteiger partial charge in [0.25, 0.3) is 5.91 Å². The summed E-state index contributed by atoms with van der Waals surface area (Å²) in [5.41, 5.74) is 10.2. The summed E-state index contributed by atoms with van der Waals surface area (Å²) in [7, 11) is 0. The number of carbonyl (C=O) groups excluding carboxylic acids is 2. The minimum Gasteiger partial charge on any atom is -0.484 e. The van der Waals surface area contributed by atoms with Gasteiger partial charge in [0.15, 0.2) is 0 Å². The number of hydrazine groups is 1. The molecule has 0 aromatic heterocycles. The van der Waals surface area contributed by atoms with E-state index in [0.29, 0.717) is 49.4 Å². The lowest BCUT2D eigenvalue weighted by Gasteiger charge is -2.43. The summed E-state index contributed by atoms with van der Waals surface area (Å²) < 4.78 is 7.38. The highest BCUT2D eigenvalue weighted by Crippen LogP contribution is 2.44. The van der Waals surface area contributed by atoms with Gasteiger partial charge in [0.1, 0.15) is 11.9 Å². The summed E-state index contributed by atoms with van der Waals surface area (Å²) in [4.78, 5) is 43.7. The number of hydrogen-bond acceptors (Lipinski definition) is 7. The molecule has 1 fully saturated rings. The zero-order valence-electron chi connectivity index (χ0n) is 25.5. The number of nitrogens with two attached hydrogens (primary N) is 2. The number of nitrogens with zero attached hydrogens (tertiary/aromatic N) is 3. The molecule has 2 amide bonds. The highest BCUT2D eigenvalue weighted by atomic mass is 79.9. The van der Waals surface area contributed by atoms with Crippen LogP contribution in [0.4, 0.5) is 0 Å². The summed E-state index contributed by atoms with van der Waals surface area (Å²) in [5, 5.41) is 11.5. The van der Waals surface area contributed by atoms with Gasteiger partial charge in [0.2, 0.25) is 5.91 Å². The van der Waals surface area contributed by atoms with E-state index in [1.54, 1.807) is 16.0 Å². The second-order valence-electron chi connectivity index (χ2n) is 12.3. The van der Waals surface area contributed by atoms with Crippen LogP contribution in [-0.4, -0.2) is 62.9 Å². The van der Waals surface area contributed by atoms with Gasteiger partial charge in [-0.15, -0.1) is 0 Å². The fourth-order valence-electron chi connectivity index (χ4n) is 6.63. The lowest BCUT2D eigenvalue weighted by atomic mass is 9.77. The second-order valence-corrected chi connectivity index (χ2v) is 13.2. The van der Waals surface area contributed by atoms with Crippen LogP contribution in [0.5, 0.6) is 5.75 Å². The quantitative estimate of drug-likeness (QED) is 0.261. The van der Waals surface area contributed by atoms with Crippen molar-refractivity contribution in [2.24, 2.45) is 23.4 Å². The third kappa shape index (κ3) is 6.30. The summed E-state index contributed by atoms with van der Waals surface area (Å²) >= 11 is 3.72. The number of aliphatic carboxylic acids is 1. The Bertz CT molecular complexity index is 1460. The molecule has 1 saturated carbocycles. The van der Waals surface area contributed by atoms with Crippen molar-refractivity contribution in [1.29, 1.82) is 0 Å². The van der Waals surface area contributed by atoms with Crippen LogP contribution in [0.2, 0.25) is 0 Å². The SMILES string of the molecule is CC(Oc1ccc(Br)c2c1[C@@H](CN1Cc3ccccc3C1=O)N(C(=O)[C@@H]1CCCC[C@@H]1C(=O)O)CC2)/C(N)=C/N(N)C(C)C. The Kier molecular flexibility index (Phi) is 9.55. The molecule has 0 spiro atoms. The molecule has 2 heterocycles. The normalized spacial score (nSPS) is 22.5. The smallest absolute Gasteiger partial charge is 0.307 e. The Labute approximate surface area is 267 Å². The lowest BCUT2D eigenvalue weighted by molar-refractivity contribution is -0.153. The van der Waals surface area contributed by atoms with Gasteiger partial charge in [0.05, 0.1) is 23.6 Å². The zero-order valence-corrected chi connectivity index (χ0v) is 27.1. The molecule has 2 aliphatic heterocycles. The van der Waals surface area contributed by atoms with Gasteiger partial charge in [0, 0.05) is 47.5 Å². The Balaban J connectivity index is 1.54. The predicted molar refractivity (Wildman–Crippen MR) is 170 cm³/mol. The summed E-state index contributed by atoms with van der Waals surface area (Å²) in [6, 6.07) is 10.8. The first-order chi connectivity index (χ1) is 21.0. The van der Waals surface area contributed by atoms with Crippen LogP contribution in [0.25, 0.3) is 0 Å². The molecule has 3 aliphatic rings. The van der Waals surface area contributed by atoms with Crippen molar-refractivity contribution in [2.45, 2.75) is 77.6 Å². The topological polar surface area (TPSA) is 142 Å². The highest BCUT2D eigenvalue weighted by Gasteiger charge is 2.44. The third-order valence-corrected chi connectivity index (χ3v) is 9.96. The van der Waals surface area contributed by atoms with Crippen LogP contribution < -0.4 is 16.3 Å². The monoisotopic (exact) mass is 667 g/mol. The van der Waals surface area contributed by atoms with Gasteiger partial charge in [-0.2, -0.15) is 0 Å². The van der Waals surface area contributed by atoms with Crippen LogP contribution in [-0.2, 0) is 22.6 Å². The molecular formula is C33H42BrN5O5. The van der Waals surface area contributed by atoms with Crippen molar-refractivity contribution in [3.8, 4) is 5.75 Å². The number of carbonyl (C=O) groups is 3. The molecule has 4 atom stereocenters. The Hall–Kier alpha value is -3.57. The maximum Gasteiger partial charge on any atom is 0.307 e. The maximum atomic E-state index is 14.3. The average Bonchev–Trinajstić information content (AvgIpc) is 3.32. The lowest BCUT2D eigenvalue weighted by Crippen LogP contribution is -2.50. The molecule has 0 bridgehead atoms. The molecule has 2 aromatic rings. The van der Waals surface area contributed by atoms with E-state index in [1.165, 1.54) is 5.01 Å². The largest absolute Gasteiger partial charge is 0.484 e. The van der Waals surface area contributed by atoms with E-state index in [4.69, 9.17) is 16.3 Å². The standard InChI is InChI=1S/C33H42BrN5O5/c1-19(2)39(36)17-27(35)20(3)44-29-13-12-26(34)25-14-15-38(32(41)23-10-6-7-11-24(23)33(42)43)28(30(25)29)18-37-16-21-8-4-5-9-22(21)31(37)40/h4-5,8-9,12-13,17,19-20,23-24,28H,6-7,10-11,14-16,18,35-36H2,1-3H3,(H,42,43)/b27-17-/t20?,23-,24+,28-/m1/s1. The van der Waals surface area contributed by atoms with Crippen molar-refractivity contribution in [1.82, 2.24) is 14.8 Å². The molecule has 1 unspecified atom stereocenters. The number of carboxylic acid groups (broad SMARTS) is 1. The number of halogens is 1. The van der Waals surface area contributed by atoms with Crippen LogP contribution in [0.1, 0.15) is 79.5 Å². The van der Waals surface area contributed by atoms with E-state index in [9.17, 15) is 19.5 Å². The van der Waals surface area contributed by atoms with Gasteiger partial charge >= 0.3 is 5.97 Å². The van der Waals surface area contributed by atoms with E-state index in [1.807, 2.05) is 57.2 Å². The molecule has 1 aliphatic carbocycles. The summed E-state index contributed by atoms with van der Waals surface area (Å²) in [6.07, 6.45) is 4.30. The fraction of sp³-hybridized carbons (Fsp3) is 0.485. The molecule has 236 valence electrons. The number of rotatable bonds is 9. The molecule has 10 nitrogen and oxygen atoms in total.